The van der Waals surface area contributed by atoms with Gasteiger partial charge in [0, 0.05) is 11.5 Å². The molecule has 0 saturated carbocycles. The maximum atomic E-state index is 13.2. The lowest BCUT2D eigenvalue weighted by Crippen LogP contribution is -2.29. The van der Waals surface area contributed by atoms with Crippen molar-refractivity contribution in [3.05, 3.63) is 59.4 Å². The molecule has 0 bridgehead atoms. The predicted molar refractivity (Wildman–Crippen MR) is 78.6 cm³/mol. The standard InChI is InChI=1S/C17H15FN2O/c1-11-10-21-16-5-3-2-4-14(16)17(11)20-15-7-6-13(18)8-12(15)9-19/h2-8,11,17,20H,10H2,1H3. The van der Waals surface area contributed by atoms with Gasteiger partial charge in [-0.2, -0.15) is 5.26 Å². The van der Waals surface area contributed by atoms with Gasteiger partial charge in [0.15, 0.2) is 0 Å². The van der Waals surface area contributed by atoms with Crippen LogP contribution < -0.4 is 10.1 Å². The molecule has 1 aliphatic rings. The van der Waals surface area contributed by atoms with Crippen LogP contribution >= 0.6 is 0 Å². The van der Waals surface area contributed by atoms with Crippen LogP contribution in [0.2, 0.25) is 0 Å². The van der Waals surface area contributed by atoms with Crippen LogP contribution in [0.5, 0.6) is 5.75 Å². The summed E-state index contributed by atoms with van der Waals surface area (Å²) >= 11 is 0. The molecular weight excluding hydrogens is 267 g/mol. The summed E-state index contributed by atoms with van der Waals surface area (Å²) in [7, 11) is 0. The second kappa shape index (κ2) is 5.45. The highest BCUT2D eigenvalue weighted by molar-refractivity contribution is 5.59. The van der Waals surface area contributed by atoms with E-state index >= 15 is 0 Å². The second-order valence-electron chi connectivity index (χ2n) is 5.25. The van der Waals surface area contributed by atoms with E-state index in [0.717, 1.165) is 11.3 Å². The predicted octanol–water partition coefficient (Wildman–Crippen LogP) is 3.88. The first-order valence-corrected chi connectivity index (χ1v) is 6.87. The third-order valence-corrected chi connectivity index (χ3v) is 3.74. The summed E-state index contributed by atoms with van der Waals surface area (Å²) in [6.45, 7) is 2.70. The Bertz CT molecular complexity index is 708. The minimum atomic E-state index is -0.405. The molecule has 0 fully saturated rings. The van der Waals surface area contributed by atoms with E-state index in [1.807, 2.05) is 30.3 Å². The van der Waals surface area contributed by atoms with Crippen molar-refractivity contribution in [2.75, 3.05) is 11.9 Å². The van der Waals surface area contributed by atoms with Gasteiger partial charge in [-0.15, -0.1) is 0 Å². The summed E-state index contributed by atoms with van der Waals surface area (Å²) in [5.74, 6) is 0.697. The van der Waals surface area contributed by atoms with Crippen LogP contribution in [0.25, 0.3) is 0 Å². The number of benzene rings is 2. The van der Waals surface area contributed by atoms with Crippen LogP contribution in [-0.4, -0.2) is 6.61 Å². The smallest absolute Gasteiger partial charge is 0.124 e. The summed E-state index contributed by atoms with van der Waals surface area (Å²) in [5.41, 5.74) is 2.02. The van der Waals surface area contributed by atoms with E-state index in [0.29, 0.717) is 17.9 Å². The van der Waals surface area contributed by atoms with Crippen molar-refractivity contribution in [2.24, 2.45) is 5.92 Å². The van der Waals surface area contributed by atoms with Crippen molar-refractivity contribution in [2.45, 2.75) is 13.0 Å². The molecule has 2 unspecified atom stereocenters. The van der Waals surface area contributed by atoms with Gasteiger partial charge < -0.3 is 10.1 Å². The average molecular weight is 282 g/mol. The van der Waals surface area contributed by atoms with Crippen LogP contribution in [0.15, 0.2) is 42.5 Å². The number of nitrogens with zero attached hydrogens (tertiary/aromatic N) is 1. The Labute approximate surface area is 123 Å². The number of anilines is 1. The Morgan fingerprint density at radius 1 is 1.29 bits per heavy atom. The Hall–Kier alpha value is -2.54. The summed E-state index contributed by atoms with van der Waals surface area (Å²) in [4.78, 5) is 0. The molecule has 0 spiro atoms. The van der Waals surface area contributed by atoms with Crippen molar-refractivity contribution in [3.8, 4) is 11.8 Å². The lowest BCUT2D eigenvalue weighted by Gasteiger charge is -2.33. The van der Waals surface area contributed by atoms with Gasteiger partial charge in [0.25, 0.3) is 0 Å². The monoisotopic (exact) mass is 282 g/mol. The molecule has 3 rings (SSSR count). The van der Waals surface area contributed by atoms with Crippen molar-refractivity contribution in [3.63, 3.8) is 0 Å². The molecule has 21 heavy (non-hydrogen) atoms. The van der Waals surface area contributed by atoms with Gasteiger partial charge in [0.05, 0.1) is 23.9 Å². The zero-order valence-corrected chi connectivity index (χ0v) is 11.6. The van der Waals surface area contributed by atoms with Gasteiger partial charge in [0.2, 0.25) is 0 Å². The van der Waals surface area contributed by atoms with Crippen LogP contribution in [0.4, 0.5) is 10.1 Å². The highest BCUT2D eigenvalue weighted by atomic mass is 19.1. The van der Waals surface area contributed by atoms with Gasteiger partial charge in [-0.25, -0.2) is 4.39 Å². The van der Waals surface area contributed by atoms with Crippen molar-refractivity contribution in [1.82, 2.24) is 0 Å². The van der Waals surface area contributed by atoms with Gasteiger partial charge in [-0.05, 0) is 24.3 Å². The number of hydrogen-bond acceptors (Lipinski definition) is 3. The maximum Gasteiger partial charge on any atom is 0.124 e. The van der Waals surface area contributed by atoms with Crippen molar-refractivity contribution < 1.29 is 9.13 Å². The van der Waals surface area contributed by atoms with Crippen LogP contribution in [0.3, 0.4) is 0 Å². The van der Waals surface area contributed by atoms with E-state index in [1.54, 1.807) is 6.07 Å². The van der Waals surface area contributed by atoms with E-state index in [2.05, 4.69) is 12.2 Å². The number of rotatable bonds is 2. The number of ether oxygens (including phenoxy) is 1. The first-order valence-electron chi connectivity index (χ1n) is 6.87. The zero-order valence-electron chi connectivity index (χ0n) is 11.6. The average Bonchev–Trinajstić information content (AvgIpc) is 2.51. The van der Waals surface area contributed by atoms with Crippen molar-refractivity contribution >= 4 is 5.69 Å². The Morgan fingerprint density at radius 3 is 2.90 bits per heavy atom. The Kier molecular flexibility index (Phi) is 3.49. The van der Waals surface area contributed by atoms with E-state index in [9.17, 15) is 4.39 Å². The second-order valence-corrected chi connectivity index (χ2v) is 5.25. The minimum absolute atomic E-state index is 0.0347. The highest BCUT2D eigenvalue weighted by Crippen LogP contribution is 2.37. The van der Waals surface area contributed by atoms with Crippen LogP contribution in [-0.2, 0) is 0 Å². The molecule has 1 heterocycles. The van der Waals surface area contributed by atoms with E-state index in [4.69, 9.17) is 10.00 Å². The minimum Gasteiger partial charge on any atom is -0.493 e. The third kappa shape index (κ3) is 2.55. The molecule has 0 aromatic heterocycles. The molecule has 4 heteroatoms. The summed E-state index contributed by atoms with van der Waals surface area (Å²) < 4.78 is 18.9. The number of hydrogen-bond donors (Lipinski definition) is 1. The van der Waals surface area contributed by atoms with Crippen LogP contribution in [0, 0.1) is 23.1 Å². The van der Waals surface area contributed by atoms with E-state index in [1.165, 1.54) is 12.1 Å². The van der Waals surface area contributed by atoms with Gasteiger partial charge in [-0.1, -0.05) is 25.1 Å². The summed E-state index contributed by atoms with van der Waals surface area (Å²) in [5, 5.41) is 12.5. The Balaban J connectivity index is 1.97. The fourth-order valence-electron chi connectivity index (χ4n) is 2.62. The fraction of sp³-hybridized carbons (Fsp3) is 0.235. The number of fused-ring (bicyclic) bond motifs is 1. The molecule has 1 N–H and O–H groups in total. The molecule has 0 radical (unpaired) electrons. The third-order valence-electron chi connectivity index (χ3n) is 3.74. The van der Waals surface area contributed by atoms with Gasteiger partial charge in [0.1, 0.15) is 17.6 Å². The maximum absolute atomic E-state index is 13.2. The molecule has 1 aliphatic heterocycles. The molecular formula is C17H15FN2O. The SMILES string of the molecule is CC1COc2ccccc2C1Nc1ccc(F)cc1C#N. The van der Waals surface area contributed by atoms with Gasteiger partial charge in [-0.3, -0.25) is 0 Å². The van der Waals surface area contributed by atoms with E-state index < -0.39 is 5.82 Å². The van der Waals surface area contributed by atoms with Crippen molar-refractivity contribution in [1.29, 1.82) is 5.26 Å². The van der Waals surface area contributed by atoms with Gasteiger partial charge >= 0.3 is 0 Å². The summed E-state index contributed by atoms with van der Waals surface area (Å²) in [6.07, 6.45) is 0. The molecule has 0 aliphatic carbocycles. The molecule has 0 saturated heterocycles. The topological polar surface area (TPSA) is 45.0 Å². The molecule has 2 aromatic rings. The first-order chi connectivity index (χ1) is 10.2. The first kappa shape index (κ1) is 13.4. The Morgan fingerprint density at radius 2 is 2.10 bits per heavy atom. The number of nitriles is 1. The molecule has 0 amide bonds. The normalized spacial score (nSPS) is 20.0. The molecule has 3 nitrogen and oxygen atoms in total. The van der Waals surface area contributed by atoms with Crippen LogP contribution in [0.1, 0.15) is 24.1 Å². The molecule has 2 aromatic carbocycles. The highest BCUT2D eigenvalue weighted by Gasteiger charge is 2.28. The fourth-order valence-corrected chi connectivity index (χ4v) is 2.62. The molecule has 2 atom stereocenters. The summed E-state index contributed by atoms with van der Waals surface area (Å²) in [6, 6.07) is 14.1. The lowest BCUT2D eigenvalue weighted by molar-refractivity contribution is 0.214. The van der Waals surface area contributed by atoms with E-state index in [-0.39, 0.29) is 12.0 Å². The number of halogens is 1. The quantitative estimate of drug-likeness (QED) is 0.909. The number of para-hydroxylation sites is 1. The zero-order chi connectivity index (χ0) is 14.8. The largest absolute Gasteiger partial charge is 0.493 e. The lowest BCUT2D eigenvalue weighted by atomic mass is 9.91. The number of nitrogens with one attached hydrogen (secondary N) is 1. The molecule has 106 valence electrons.